The number of nitrogens with zero attached hydrogens (tertiary/aromatic N) is 2. The van der Waals surface area contributed by atoms with Gasteiger partial charge in [0.05, 0.1) is 27.5 Å². The zero-order chi connectivity index (χ0) is 43.2. The third-order valence-electron chi connectivity index (χ3n) is 14.2. The van der Waals surface area contributed by atoms with Gasteiger partial charge < -0.3 is 9.80 Å². The second-order valence-corrected chi connectivity index (χ2v) is 30.7. The summed E-state index contributed by atoms with van der Waals surface area (Å²) in [6.45, 7) is 29.4. The first kappa shape index (κ1) is 40.7. The van der Waals surface area contributed by atoms with E-state index in [-0.39, 0.29) is 4.66 Å². The Labute approximate surface area is 366 Å². The molecule has 8 aromatic rings. The Hall–Kier alpha value is -5.69. The Morgan fingerprint density at radius 1 is 0.344 bits per heavy atom. The second-order valence-electron chi connectivity index (χ2n) is 19.7. The summed E-state index contributed by atoms with van der Waals surface area (Å²) in [5.74, 6) is 0. The number of rotatable bonds is 8. The summed E-state index contributed by atoms with van der Waals surface area (Å²) < 4.78 is -0.134. The van der Waals surface area contributed by atoms with Crippen molar-refractivity contribution in [2.75, 3.05) is 9.80 Å². The molecule has 0 amide bonds. The highest BCUT2D eigenvalue weighted by atomic mass is 28.4. The summed E-state index contributed by atoms with van der Waals surface area (Å²) in [4.78, 5) is 5.10. The number of fused-ring (bicyclic) bond motifs is 7. The topological polar surface area (TPSA) is 6.48 Å². The molecule has 61 heavy (non-hydrogen) atoms. The molecule has 0 aromatic heterocycles. The normalized spacial score (nSPS) is 13.4. The average Bonchev–Trinajstić information content (AvgIpc) is 3.55. The molecule has 2 nitrogen and oxygen atoms in total. The van der Waals surface area contributed by atoms with Crippen molar-refractivity contribution in [1.82, 2.24) is 0 Å². The molecule has 0 heterocycles. The van der Waals surface area contributed by atoms with Gasteiger partial charge in [0.15, 0.2) is 0 Å². The van der Waals surface area contributed by atoms with E-state index in [2.05, 4.69) is 236 Å². The number of aryl methyl sites for hydroxylation is 4. The van der Waals surface area contributed by atoms with Crippen LogP contribution in [0.5, 0.6) is 0 Å². The highest BCUT2D eigenvalue weighted by molar-refractivity contribution is 7.00. The van der Waals surface area contributed by atoms with E-state index in [0.717, 1.165) is 0 Å². The van der Waals surface area contributed by atoms with Crippen molar-refractivity contribution < 1.29 is 0 Å². The van der Waals surface area contributed by atoms with Gasteiger partial charge in [-0.2, -0.15) is 0 Å². The van der Waals surface area contributed by atoms with Crippen LogP contribution in [0, 0.1) is 41.5 Å². The molecule has 1 aliphatic rings. The van der Waals surface area contributed by atoms with Crippen molar-refractivity contribution in [2.45, 2.75) is 85.5 Å². The van der Waals surface area contributed by atoms with Crippen molar-refractivity contribution in [1.29, 1.82) is 0 Å². The lowest BCUT2D eigenvalue weighted by molar-refractivity contribution is 0.953. The maximum absolute atomic E-state index is 2.67. The van der Waals surface area contributed by atoms with Gasteiger partial charge in [0.25, 0.3) is 0 Å². The highest BCUT2D eigenvalue weighted by Gasteiger charge is 2.60. The molecule has 0 aliphatic heterocycles. The summed E-state index contributed by atoms with van der Waals surface area (Å²) in [7, 11) is -4.29. The van der Waals surface area contributed by atoms with E-state index in [9.17, 15) is 0 Å². The van der Waals surface area contributed by atoms with E-state index in [1.807, 2.05) is 0 Å². The molecule has 0 saturated heterocycles. The summed E-state index contributed by atoms with van der Waals surface area (Å²) >= 11 is 0. The van der Waals surface area contributed by atoms with E-state index in [4.69, 9.17) is 0 Å². The van der Waals surface area contributed by atoms with Gasteiger partial charge in [0.2, 0.25) is 0 Å². The quantitative estimate of drug-likeness (QED) is 0.141. The van der Waals surface area contributed by atoms with Gasteiger partial charge in [-0.15, -0.1) is 0 Å². The lowest BCUT2D eigenvalue weighted by Crippen LogP contribution is -2.63. The third-order valence-corrected chi connectivity index (χ3v) is 24.3. The van der Waals surface area contributed by atoms with E-state index >= 15 is 0 Å². The number of hydrogen-bond donors (Lipinski definition) is 0. The lowest BCUT2D eigenvalue weighted by atomic mass is 9.91. The summed E-state index contributed by atoms with van der Waals surface area (Å²) in [6, 6.07) is 55.5. The molecule has 0 spiro atoms. The molecule has 9 rings (SSSR count). The van der Waals surface area contributed by atoms with E-state index in [1.54, 1.807) is 0 Å². The van der Waals surface area contributed by atoms with Gasteiger partial charge in [0, 0.05) is 38.2 Å². The molecule has 4 heteroatoms. The molecule has 8 aromatic carbocycles. The Bertz CT molecular complexity index is 2750. The van der Waals surface area contributed by atoms with Gasteiger partial charge in [0.1, 0.15) is 0 Å². The number of hydrogen-bond acceptors (Lipinski definition) is 2. The maximum Gasteiger partial charge on any atom is 0.0579 e. The fourth-order valence-corrected chi connectivity index (χ4v) is 24.4. The molecular formula is C57H60N2Si2. The third kappa shape index (κ3) is 6.24. The predicted molar refractivity (Wildman–Crippen MR) is 272 cm³/mol. The number of benzene rings is 8. The monoisotopic (exact) mass is 828 g/mol. The van der Waals surface area contributed by atoms with Crippen LogP contribution in [-0.4, -0.2) is 16.1 Å². The van der Waals surface area contributed by atoms with Crippen molar-refractivity contribution in [3.63, 3.8) is 0 Å². The Morgan fingerprint density at radius 3 is 0.951 bits per heavy atom. The second kappa shape index (κ2) is 14.7. The van der Waals surface area contributed by atoms with Crippen LogP contribution in [0.1, 0.15) is 44.5 Å². The minimum absolute atomic E-state index is 0.134. The molecule has 0 bridgehead atoms. The molecule has 0 N–H and O–H groups in total. The minimum atomic E-state index is -2.15. The van der Waals surface area contributed by atoms with Crippen LogP contribution in [0.2, 0.25) is 39.3 Å². The fraction of sp³-hybridized carbons (Fsp3) is 0.228. The van der Waals surface area contributed by atoms with Crippen LogP contribution in [0.4, 0.5) is 34.1 Å². The van der Waals surface area contributed by atoms with Crippen LogP contribution in [0.15, 0.2) is 146 Å². The molecule has 306 valence electrons. The van der Waals surface area contributed by atoms with Gasteiger partial charge >= 0.3 is 0 Å². The largest absolute Gasteiger partial charge is 0.310 e. The highest BCUT2D eigenvalue weighted by Crippen LogP contribution is 2.63. The molecule has 0 unspecified atom stereocenters. The van der Waals surface area contributed by atoms with E-state index < -0.39 is 16.1 Å². The zero-order valence-electron chi connectivity index (χ0n) is 38.3. The van der Waals surface area contributed by atoms with Crippen LogP contribution in [0.3, 0.4) is 0 Å². The molecule has 0 radical (unpaired) electrons. The Kier molecular flexibility index (Phi) is 9.84. The molecule has 0 fully saturated rings. The lowest BCUT2D eigenvalue weighted by Gasteiger charge is -2.51. The number of anilines is 6. The summed E-state index contributed by atoms with van der Waals surface area (Å²) in [6.07, 6.45) is 0. The standard InChI is InChI=1S/C57H60N2Si2/c1-37-31-45(32-38(2)41(37)5)58(43-23-15-13-16-24-43)53-35-51-55(49-29-21-19-27-47(49)53)56-50-30-22-20-28-48(50)54(36-52(56)57(51,60(7,8)9)61(10,11)12)59(44-25-17-14-18-26-44)46-33-39(3)42(6)40(4)34-46/h13-36H,1-12H3. The zero-order valence-corrected chi connectivity index (χ0v) is 40.3. The van der Waals surface area contributed by atoms with Crippen LogP contribution >= 0.6 is 0 Å². The predicted octanol–water partition coefficient (Wildman–Crippen LogP) is 16.8. The van der Waals surface area contributed by atoms with Crippen LogP contribution in [-0.2, 0) is 4.66 Å². The SMILES string of the molecule is Cc1cc(N(c2ccccc2)c2cc3c(c4ccccc24)-c2c(cc(N(c4ccccc4)c4cc(C)c(C)c(C)c4)c4ccccc24)C3([Si](C)(C)C)[Si](C)(C)C)cc(C)c1C. The van der Waals surface area contributed by atoms with Crippen LogP contribution < -0.4 is 9.80 Å². The fourth-order valence-electron chi connectivity index (χ4n) is 11.4. The van der Waals surface area contributed by atoms with Crippen LogP contribution in [0.25, 0.3) is 32.7 Å². The van der Waals surface area contributed by atoms with E-state index in [1.165, 1.54) is 111 Å². The first-order chi connectivity index (χ1) is 29.0. The average molecular weight is 829 g/mol. The molecule has 1 aliphatic carbocycles. The smallest absolute Gasteiger partial charge is 0.0579 e. The van der Waals surface area contributed by atoms with Gasteiger partial charge in [-0.1, -0.05) is 124 Å². The van der Waals surface area contributed by atoms with Gasteiger partial charge in [-0.05, 0) is 169 Å². The first-order valence-electron chi connectivity index (χ1n) is 22.0. The van der Waals surface area contributed by atoms with Gasteiger partial charge in [-0.25, -0.2) is 0 Å². The molecule has 0 atom stereocenters. The van der Waals surface area contributed by atoms with Crippen molar-refractivity contribution in [3.05, 3.63) is 190 Å². The van der Waals surface area contributed by atoms with Crippen molar-refractivity contribution in [3.8, 4) is 11.1 Å². The Balaban J connectivity index is 1.46. The summed E-state index contributed by atoms with van der Waals surface area (Å²) in [5, 5.41) is 5.22. The van der Waals surface area contributed by atoms with Crippen molar-refractivity contribution >= 4 is 71.8 Å². The number of para-hydroxylation sites is 2. The minimum Gasteiger partial charge on any atom is -0.310 e. The summed E-state index contributed by atoms with van der Waals surface area (Å²) in [5.41, 5.74) is 21.1. The van der Waals surface area contributed by atoms with Crippen molar-refractivity contribution in [2.24, 2.45) is 0 Å². The first-order valence-corrected chi connectivity index (χ1v) is 29.0. The molecule has 0 saturated carbocycles. The Morgan fingerprint density at radius 2 is 0.639 bits per heavy atom. The maximum atomic E-state index is 2.67. The van der Waals surface area contributed by atoms with Gasteiger partial charge in [-0.3, -0.25) is 0 Å². The van der Waals surface area contributed by atoms with E-state index in [0.29, 0.717) is 0 Å². The molecular weight excluding hydrogens is 769 g/mol.